The zero-order valence-corrected chi connectivity index (χ0v) is 13.1. The summed E-state index contributed by atoms with van der Waals surface area (Å²) < 4.78 is 6.63. The van der Waals surface area contributed by atoms with Crippen LogP contribution in [0.3, 0.4) is 0 Å². The second-order valence-electron chi connectivity index (χ2n) is 4.02. The van der Waals surface area contributed by atoms with Crippen LogP contribution >= 0.6 is 27.3 Å². The normalized spacial score (nSPS) is 12.9. The molecular formula is C13H22BrNOS. The van der Waals surface area contributed by atoms with Gasteiger partial charge in [-0.3, -0.25) is 0 Å². The summed E-state index contributed by atoms with van der Waals surface area (Å²) in [6.07, 6.45) is 3.41. The van der Waals surface area contributed by atoms with E-state index in [9.17, 15) is 0 Å². The molecule has 0 fully saturated rings. The van der Waals surface area contributed by atoms with E-state index in [-0.39, 0.29) is 0 Å². The van der Waals surface area contributed by atoms with Gasteiger partial charge in [-0.15, -0.1) is 0 Å². The zero-order valence-electron chi connectivity index (χ0n) is 10.7. The van der Waals surface area contributed by atoms with Gasteiger partial charge in [0.05, 0.1) is 0 Å². The Bertz CT molecular complexity index is 303. The third kappa shape index (κ3) is 5.51. The fraction of sp³-hybridized carbons (Fsp3) is 0.692. The minimum absolute atomic E-state index is 0.455. The highest BCUT2D eigenvalue weighted by atomic mass is 79.9. The van der Waals surface area contributed by atoms with E-state index in [0.29, 0.717) is 6.04 Å². The van der Waals surface area contributed by atoms with Crippen molar-refractivity contribution in [3.63, 3.8) is 0 Å². The Balaban J connectivity index is 2.46. The summed E-state index contributed by atoms with van der Waals surface area (Å²) in [6, 6.07) is 0.455. The Morgan fingerprint density at radius 3 is 2.82 bits per heavy atom. The molecule has 1 unspecified atom stereocenters. The molecule has 4 heteroatoms. The maximum atomic E-state index is 5.40. The van der Waals surface area contributed by atoms with Gasteiger partial charge in [0.25, 0.3) is 0 Å². The number of rotatable bonds is 9. The first-order valence-electron chi connectivity index (χ1n) is 6.32. The molecule has 1 heterocycles. The fourth-order valence-corrected chi connectivity index (χ4v) is 3.39. The van der Waals surface area contributed by atoms with Crippen LogP contribution in [0.4, 0.5) is 0 Å². The standard InChI is InChI=1S/C13H22BrNOS/c1-3-7-15-13(6-5-8-16-4-2)11-9-17-10-12(11)14/h9-10,13,15H,3-8H2,1-2H3. The molecule has 0 aliphatic heterocycles. The van der Waals surface area contributed by atoms with E-state index in [2.05, 4.69) is 38.9 Å². The lowest BCUT2D eigenvalue weighted by atomic mass is 10.1. The molecule has 0 aromatic carbocycles. The first-order chi connectivity index (χ1) is 8.29. The maximum absolute atomic E-state index is 5.40. The molecule has 0 amide bonds. The van der Waals surface area contributed by atoms with Crippen molar-refractivity contribution in [3.05, 3.63) is 20.8 Å². The topological polar surface area (TPSA) is 21.3 Å². The van der Waals surface area contributed by atoms with Crippen LogP contribution in [-0.2, 0) is 4.74 Å². The van der Waals surface area contributed by atoms with Gasteiger partial charge in [-0.1, -0.05) is 6.92 Å². The third-order valence-corrected chi connectivity index (χ3v) is 4.40. The SMILES string of the molecule is CCCNC(CCCOCC)c1cscc1Br. The summed E-state index contributed by atoms with van der Waals surface area (Å²) in [6.45, 7) is 6.99. The van der Waals surface area contributed by atoms with Crippen LogP contribution in [0, 0.1) is 0 Å². The first kappa shape index (κ1) is 15.2. The summed E-state index contributed by atoms with van der Waals surface area (Å²) in [5.41, 5.74) is 1.39. The Kier molecular flexibility index (Phi) is 8.10. The van der Waals surface area contributed by atoms with Crippen molar-refractivity contribution in [1.29, 1.82) is 0 Å². The van der Waals surface area contributed by atoms with E-state index < -0.39 is 0 Å². The zero-order chi connectivity index (χ0) is 12.5. The first-order valence-corrected chi connectivity index (χ1v) is 8.05. The maximum Gasteiger partial charge on any atom is 0.0466 e. The van der Waals surface area contributed by atoms with Crippen LogP contribution in [-0.4, -0.2) is 19.8 Å². The number of ether oxygens (including phenoxy) is 1. The van der Waals surface area contributed by atoms with E-state index in [1.165, 1.54) is 16.5 Å². The van der Waals surface area contributed by atoms with Crippen molar-refractivity contribution < 1.29 is 4.74 Å². The lowest BCUT2D eigenvalue weighted by molar-refractivity contribution is 0.141. The van der Waals surface area contributed by atoms with Crippen molar-refractivity contribution in [3.8, 4) is 0 Å². The molecule has 98 valence electrons. The van der Waals surface area contributed by atoms with Crippen molar-refractivity contribution in [2.45, 2.75) is 39.2 Å². The van der Waals surface area contributed by atoms with Crippen molar-refractivity contribution in [2.24, 2.45) is 0 Å². The van der Waals surface area contributed by atoms with Crippen LogP contribution in [0.25, 0.3) is 0 Å². The largest absolute Gasteiger partial charge is 0.382 e. The minimum Gasteiger partial charge on any atom is -0.382 e. The predicted molar refractivity (Wildman–Crippen MR) is 78.8 cm³/mol. The minimum atomic E-state index is 0.455. The van der Waals surface area contributed by atoms with E-state index in [1.54, 1.807) is 11.3 Å². The average Bonchev–Trinajstić information content (AvgIpc) is 2.75. The predicted octanol–water partition coefficient (Wildman–Crippen LogP) is 4.37. The third-order valence-electron chi connectivity index (χ3n) is 2.64. The van der Waals surface area contributed by atoms with Gasteiger partial charge in [-0.25, -0.2) is 0 Å². The second-order valence-corrected chi connectivity index (χ2v) is 5.62. The molecule has 0 aliphatic rings. The number of thiophene rings is 1. The molecule has 0 saturated carbocycles. The molecule has 0 saturated heterocycles. The molecule has 1 aromatic heterocycles. The number of nitrogens with one attached hydrogen (secondary N) is 1. The summed E-state index contributed by atoms with van der Waals surface area (Å²) in [7, 11) is 0. The summed E-state index contributed by atoms with van der Waals surface area (Å²) in [4.78, 5) is 0. The highest BCUT2D eigenvalue weighted by Crippen LogP contribution is 2.29. The van der Waals surface area contributed by atoms with Crippen molar-refractivity contribution in [1.82, 2.24) is 5.32 Å². The molecule has 17 heavy (non-hydrogen) atoms. The van der Waals surface area contributed by atoms with Gasteiger partial charge in [0.2, 0.25) is 0 Å². The molecular weight excluding hydrogens is 298 g/mol. The summed E-state index contributed by atoms with van der Waals surface area (Å²) >= 11 is 5.37. The smallest absolute Gasteiger partial charge is 0.0466 e. The van der Waals surface area contributed by atoms with Crippen LogP contribution < -0.4 is 5.32 Å². The van der Waals surface area contributed by atoms with Gasteiger partial charge in [0.15, 0.2) is 0 Å². The van der Waals surface area contributed by atoms with Crippen LogP contribution in [0.15, 0.2) is 15.2 Å². The van der Waals surface area contributed by atoms with E-state index >= 15 is 0 Å². The van der Waals surface area contributed by atoms with Crippen LogP contribution in [0.1, 0.15) is 44.7 Å². The van der Waals surface area contributed by atoms with Gasteiger partial charge in [0, 0.05) is 29.1 Å². The van der Waals surface area contributed by atoms with Gasteiger partial charge in [0.1, 0.15) is 0 Å². The monoisotopic (exact) mass is 319 g/mol. The van der Waals surface area contributed by atoms with Gasteiger partial charge in [-0.2, -0.15) is 11.3 Å². The molecule has 2 nitrogen and oxygen atoms in total. The van der Waals surface area contributed by atoms with E-state index in [0.717, 1.165) is 32.6 Å². The molecule has 1 rings (SSSR count). The van der Waals surface area contributed by atoms with Crippen molar-refractivity contribution >= 4 is 27.3 Å². The number of hydrogen-bond donors (Lipinski definition) is 1. The highest BCUT2D eigenvalue weighted by molar-refractivity contribution is 9.10. The Morgan fingerprint density at radius 1 is 1.41 bits per heavy atom. The second kappa shape index (κ2) is 9.09. The molecule has 1 aromatic rings. The lowest BCUT2D eigenvalue weighted by Gasteiger charge is -2.18. The molecule has 1 atom stereocenters. The number of halogens is 1. The van der Waals surface area contributed by atoms with Crippen LogP contribution in [0.5, 0.6) is 0 Å². The Hall–Kier alpha value is 0.100. The summed E-state index contributed by atoms with van der Waals surface area (Å²) in [5, 5.41) is 8.00. The molecule has 0 radical (unpaired) electrons. The van der Waals surface area contributed by atoms with Gasteiger partial charge >= 0.3 is 0 Å². The quantitative estimate of drug-likeness (QED) is 0.682. The molecule has 1 N–H and O–H groups in total. The Labute approximate surface area is 117 Å². The molecule has 0 spiro atoms. The number of hydrogen-bond acceptors (Lipinski definition) is 3. The average molecular weight is 320 g/mol. The highest BCUT2D eigenvalue weighted by Gasteiger charge is 2.14. The van der Waals surface area contributed by atoms with E-state index in [4.69, 9.17) is 4.74 Å². The van der Waals surface area contributed by atoms with Crippen LogP contribution in [0.2, 0.25) is 0 Å². The Morgan fingerprint density at radius 2 is 2.24 bits per heavy atom. The van der Waals surface area contributed by atoms with Gasteiger partial charge in [-0.05, 0) is 59.6 Å². The molecule has 0 aliphatic carbocycles. The summed E-state index contributed by atoms with van der Waals surface area (Å²) in [5.74, 6) is 0. The van der Waals surface area contributed by atoms with E-state index in [1.807, 2.05) is 6.92 Å². The molecule has 0 bridgehead atoms. The fourth-order valence-electron chi connectivity index (χ4n) is 1.76. The van der Waals surface area contributed by atoms with Crippen molar-refractivity contribution in [2.75, 3.05) is 19.8 Å². The van der Waals surface area contributed by atoms with Gasteiger partial charge < -0.3 is 10.1 Å². The lowest BCUT2D eigenvalue weighted by Crippen LogP contribution is -2.22.